The van der Waals surface area contributed by atoms with Crippen molar-refractivity contribution in [2.24, 2.45) is 5.92 Å². The number of rotatable bonds is 2. The summed E-state index contributed by atoms with van der Waals surface area (Å²) in [4.78, 5) is 18.0. The van der Waals surface area contributed by atoms with Crippen molar-refractivity contribution >= 4 is 17.5 Å². The molecule has 0 aliphatic carbocycles. The molecule has 1 aliphatic heterocycles. The fraction of sp³-hybridized carbons (Fsp3) is 0.538. The van der Waals surface area contributed by atoms with E-state index in [1.54, 1.807) is 6.07 Å². The fourth-order valence-corrected chi connectivity index (χ4v) is 2.26. The van der Waals surface area contributed by atoms with Crippen LogP contribution in [-0.2, 0) is 11.3 Å². The minimum Gasteiger partial charge on any atom is -0.337 e. The van der Waals surface area contributed by atoms with Crippen molar-refractivity contribution in [2.75, 3.05) is 6.54 Å². The van der Waals surface area contributed by atoms with Crippen LogP contribution in [0.3, 0.4) is 0 Å². The first kappa shape index (κ1) is 12.4. The Labute approximate surface area is 107 Å². The van der Waals surface area contributed by atoms with Gasteiger partial charge < -0.3 is 4.90 Å². The minimum absolute atomic E-state index is 0.233. The van der Waals surface area contributed by atoms with Crippen LogP contribution < -0.4 is 0 Å². The van der Waals surface area contributed by atoms with Crippen molar-refractivity contribution in [1.82, 2.24) is 9.88 Å². The molecule has 1 saturated heterocycles. The number of likely N-dealkylation sites (tertiary alicyclic amines) is 1. The first-order valence-electron chi connectivity index (χ1n) is 6.04. The topological polar surface area (TPSA) is 33.2 Å². The minimum atomic E-state index is 0.233. The number of aromatic nitrogens is 1. The van der Waals surface area contributed by atoms with Gasteiger partial charge in [0.2, 0.25) is 5.91 Å². The molecule has 4 heteroatoms. The van der Waals surface area contributed by atoms with E-state index in [2.05, 4.69) is 11.9 Å². The van der Waals surface area contributed by atoms with Crippen molar-refractivity contribution in [3.05, 3.63) is 29.0 Å². The predicted molar refractivity (Wildman–Crippen MR) is 67.7 cm³/mol. The Morgan fingerprint density at radius 2 is 2.29 bits per heavy atom. The third-order valence-electron chi connectivity index (χ3n) is 3.22. The smallest absolute Gasteiger partial charge is 0.222 e. The standard InChI is InChI=1S/C13H17ClN2O/c1-10-5-6-13(17)16(8-7-10)9-11-3-2-4-12(14)15-11/h2-4,10H,5-9H2,1H3. The van der Waals surface area contributed by atoms with E-state index in [-0.39, 0.29) is 5.91 Å². The Bertz CT molecular complexity index is 408. The van der Waals surface area contributed by atoms with Crippen molar-refractivity contribution < 1.29 is 4.79 Å². The summed E-state index contributed by atoms with van der Waals surface area (Å²) >= 11 is 5.84. The van der Waals surface area contributed by atoms with E-state index in [9.17, 15) is 4.79 Å². The summed E-state index contributed by atoms with van der Waals surface area (Å²) in [6.45, 7) is 3.61. The van der Waals surface area contributed by atoms with Crippen LogP contribution in [0.15, 0.2) is 18.2 Å². The molecular weight excluding hydrogens is 236 g/mol. The molecular formula is C13H17ClN2O. The summed E-state index contributed by atoms with van der Waals surface area (Å²) in [5.41, 5.74) is 0.861. The number of hydrogen-bond acceptors (Lipinski definition) is 2. The van der Waals surface area contributed by atoms with Gasteiger partial charge in [0.05, 0.1) is 12.2 Å². The lowest BCUT2D eigenvalue weighted by atomic mass is 10.0. The second kappa shape index (κ2) is 5.50. The van der Waals surface area contributed by atoms with E-state index >= 15 is 0 Å². The summed E-state index contributed by atoms with van der Waals surface area (Å²) in [5, 5.41) is 0.484. The molecule has 2 heterocycles. The molecule has 92 valence electrons. The maximum Gasteiger partial charge on any atom is 0.222 e. The molecule has 3 nitrogen and oxygen atoms in total. The quantitative estimate of drug-likeness (QED) is 0.759. The van der Waals surface area contributed by atoms with E-state index < -0.39 is 0 Å². The Morgan fingerprint density at radius 1 is 1.47 bits per heavy atom. The molecule has 0 bridgehead atoms. The molecule has 0 aromatic carbocycles. The van der Waals surface area contributed by atoms with Crippen molar-refractivity contribution in [3.63, 3.8) is 0 Å². The Hall–Kier alpha value is -1.09. The molecule has 0 spiro atoms. The van der Waals surface area contributed by atoms with Crippen LogP contribution in [0, 0.1) is 5.92 Å². The molecule has 1 unspecified atom stereocenters. The number of nitrogens with zero attached hydrogens (tertiary/aromatic N) is 2. The monoisotopic (exact) mass is 252 g/mol. The molecule has 1 atom stereocenters. The third kappa shape index (κ3) is 3.43. The van der Waals surface area contributed by atoms with Gasteiger partial charge in [0.25, 0.3) is 0 Å². The van der Waals surface area contributed by atoms with E-state index in [1.807, 2.05) is 17.0 Å². The number of amides is 1. The van der Waals surface area contributed by atoms with Gasteiger partial charge in [-0.25, -0.2) is 4.98 Å². The van der Waals surface area contributed by atoms with Crippen LogP contribution in [0.5, 0.6) is 0 Å². The molecule has 1 aromatic heterocycles. The van der Waals surface area contributed by atoms with Crippen LogP contribution in [0.1, 0.15) is 31.9 Å². The molecule has 0 radical (unpaired) electrons. The third-order valence-corrected chi connectivity index (χ3v) is 3.43. The van der Waals surface area contributed by atoms with Gasteiger partial charge in [-0.15, -0.1) is 0 Å². The average Bonchev–Trinajstić information content (AvgIpc) is 2.45. The molecule has 17 heavy (non-hydrogen) atoms. The van der Waals surface area contributed by atoms with E-state index in [0.717, 1.165) is 25.1 Å². The summed E-state index contributed by atoms with van der Waals surface area (Å²) < 4.78 is 0. The molecule has 2 rings (SSSR count). The lowest BCUT2D eigenvalue weighted by Gasteiger charge is -2.20. The SMILES string of the molecule is CC1CCC(=O)N(Cc2cccc(Cl)n2)CC1. The van der Waals surface area contributed by atoms with Gasteiger partial charge in [-0.05, 0) is 30.9 Å². The van der Waals surface area contributed by atoms with Crippen LogP contribution in [0.4, 0.5) is 0 Å². The van der Waals surface area contributed by atoms with Gasteiger partial charge >= 0.3 is 0 Å². The highest BCUT2D eigenvalue weighted by molar-refractivity contribution is 6.29. The molecule has 1 aliphatic rings. The molecule has 0 N–H and O–H groups in total. The fourth-order valence-electron chi connectivity index (χ4n) is 2.07. The molecule has 0 saturated carbocycles. The maximum absolute atomic E-state index is 11.9. The lowest BCUT2D eigenvalue weighted by molar-refractivity contribution is -0.131. The van der Waals surface area contributed by atoms with Crippen molar-refractivity contribution in [1.29, 1.82) is 0 Å². The van der Waals surface area contributed by atoms with Crippen molar-refractivity contribution in [2.45, 2.75) is 32.7 Å². The van der Waals surface area contributed by atoms with E-state index in [4.69, 9.17) is 11.6 Å². The molecule has 1 fully saturated rings. The van der Waals surface area contributed by atoms with E-state index in [0.29, 0.717) is 24.0 Å². The van der Waals surface area contributed by atoms with Gasteiger partial charge in [-0.1, -0.05) is 24.6 Å². The van der Waals surface area contributed by atoms with Gasteiger partial charge in [-0.2, -0.15) is 0 Å². The first-order chi connectivity index (χ1) is 8.15. The summed E-state index contributed by atoms with van der Waals surface area (Å²) in [6, 6.07) is 5.53. The van der Waals surface area contributed by atoms with E-state index in [1.165, 1.54) is 0 Å². The normalized spacial score (nSPS) is 21.4. The Balaban J connectivity index is 2.04. The number of halogens is 1. The molecule has 1 aromatic rings. The largest absolute Gasteiger partial charge is 0.337 e. The highest BCUT2D eigenvalue weighted by atomic mass is 35.5. The van der Waals surface area contributed by atoms with Gasteiger partial charge in [0, 0.05) is 13.0 Å². The summed E-state index contributed by atoms with van der Waals surface area (Å²) in [6.07, 6.45) is 2.73. The number of pyridine rings is 1. The maximum atomic E-state index is 11.9. The number of hydrogen-bond donors (Lipinski definition) is 0. The Morgan fingerprint density at radius 3 is 3.06 bits per heavy atom. The molecule has 1 amide bonds. The lowest BCUT2D eigenvalue weighted by Crippen LogP contribution is -2.30. The zero-order valence-electron chi connectivity index (χ0n) is 10.0. The van der Waals surface area contributed by atoms with Crippen LogP contribution in [0.2, 0.25) is 5.15 Å². The van der Waals surface area contributed by atoms with Gasteiger partial charge in [-0.3, -0.25) is 4.79 Å². The zero-order valence-corrected chi connectivity index (χ0v) is 10.8. The first-order valence-corrected chi connectivity index (χ1v) is 6.42. The van der Waals surface area contributed by atoms with Gasteiger partial charge in [0.1, 0.15) is 5.15 Å². The average molecular weight is 253 g/mol. The second-order valence-corrected chi connectivity index (χ2v) is 5.09. The van der Waals surface area contributed by atoms with Crippen LogP contribution >= 0.6 is 11.6 Å². The summed E-state index contributed by atoms with van der Waals surface area (Å²) in [7, 11) is 0. The summed E-state index contributed by atoms with van der Waals surface area (Å²) in [5.74, 6) is 0.868. The number of carbonyl (C=O) groups excluding carboxylic acids is 1. The number of carbonyl (C=O) groups is 1. The predicted octanol–water partition coefficient (Wildman–Crippen LogP) is 2.88. The van der Waals surface area contributed by atoms with Crippen LogP contribution in [0.25, 0.3) is 0 Å². The zero-order chi connectivity index (χ0) is 12.3. The highest BCUT2D eigenvalue weighted by Crippen LogP contribution is 2.19. The van der Waals surface area contributed by atoms with Gasteiger partial charge in [0.15, 0.2) is 0 Å². The van der Waals surface area contributed by atoms with Crippen LogP contribution in [-0.4, -0.2) is 22.3 Å². The Kier molecular flexibility index (Phi) is 4.00. The highest BCUT2D eigenvalue weighted by Gasteiger charge is 2.20. The second-order valence-electron chi connectivity index (χ2n) is 4.70. The van der Waals surface area contributed by atoms with Crippen molar-refractivity contribution in [3.8, 4) is 0 Å².